The molecule has 0 saturated heterocycles. The van der Waals surface area contributed by atoms with Crippen molar-refractivity contribution in [2.24, 2.45) is 5.41 Å². The molecule has 0 spiro atoms. The summed E-state index contributed by atoms with van der Waals surface area (Å²) in [5, 5.41) is 23.0. The lowest BCUT2D eigenvalue weighted by molar-refractivity contribution is -0.146. The normalized spacial score (nSPS) is 13.6. The Hall–Kier alpha value is -3.39. The van der Waals surface area contributed by atoms with Crippen LogP contribution in [0.1, 0.15) is 37.3 Å². The Labute approximate surface area is 186 Å². The maximum absolute atomic E-state index is 12.3. The first-order valence-electron chi connectivity index (χ1n) is 10.4. The van der Waals surface area contributed by atoms with Crippen molar-refractivity contribution in [2.75, 3.05) is 19.7 Å². The van der Waals surface area contributed by atoms with Gasteiger partial charge in [0, 0.05) is 18.9 Å². The molecule has 1 aliphatic carbocycles. The third-order valence-electron chi connectivity index (χ3n) is 5.47. The highest BCUT2D eigenvalue weighted by molar-refractivity contribution is 5.79. The van der Waals surface area contributed by atoms with Crippen LogP contribution in [0.3, 0.4) is 0 Å². The highest BCUT2D eigenvalue weighted by Crippen LogP contribution is 2.44. The Bertz CT molecular complexity index is 958. The number of hydrogen-bond acceptors (Lipinski definition) is 5. The quantitative estimate of drug-likeness (QED) is 0.475. The fourth-order valence-corrected chi connectivity index (χ4v) is 3.82. The summed E-state index contributed by atoms with van der Waals surface area (Å²) >= 11 is 0. The Morgan fingerprint density at radius 2 is 1.56 bits per heavy atom. The van der Waals surface area contributed by atoms with Crippen LogP contribution in [0, 0.1) is 5.41 Å². The van der Waals surface area contributed by atoms with E-state index in [4.69, 9.17) is 9.84 Å². The largest absolute Gasteiger partial charge is 0.479 e. The van der Waals surface area contributed by atoms with Crippen molar-refractivity contribution in [2.45, 2.75) is 32.3 Å². The molecule has 0 radical (unpaired) electrons. The molecule has 2 aromatic rings. The zero-order valence-corrected chi connectivity index (χ0v) is 18.1. The fourth-order valence-electron chi connectivity index (χ4n) is 3.82. The zero-order chi connectivity index (χ0) is 23.3. The Balaban J connectivity index is 1.49. The third kappa shape index (κ3) is 5.64. The summed E-state index contributed by atoms with van der Waals surface area (Å²) in [6.07, 6.45) is -2.18. The van der Waals surface area contributed by atoms with E-state index >= 15 is 0 Å². The number of carboxylic acid groups (broad SMARTS) is 1. The van der Waals surface area contributed by atoms with E-state index in [2.05, 4.69) is 22.8 Å². The van der Waals surface area contributed by atoms with Crippen molar-refractivity contribution in [1.29, 1.82) is 0 Å². The lowest BCUT2D eigenvalue weighted by Crippen LogP contribution is -2.41. The van der Waals surface area contributed by atoms with Gasteiger partial charge in [0.2, 0.25) is 5.91 Å². The van der Waals surface area contributed by atoms with Gasteiger partial charge in [-0.3, -0.25) is 4.79 Å². The number of aliphatic carboxylic acids is 1. The lowest BCUT2D eigenvalue weighted by atomic mass is 9.89. The standard InChI is InChI=1S/C24H28N2O6/c1-24(2,11-21(28)25-12-20(27)22(29)30)14-26-23(31)32-13-19-17-9-5-3-7-15(17)16-8-4-6-10-18(16)19/h3-10,19-20,27H,11-14H2,1-2H3,(H,25,28)(H,26,31)(H,29,30)/t20-/m0/s1. The maximum Gasteiger partial charge on any atom is 0.407 e. The van der Waals surface area contributed by atoms with Gasteiger partial charge in [-0.2, -0.15) is 0 Å². The molecule has 8 nitrogen and oxygen atoms in total. The molecule has 0 saturated carbocycles. The number of benzene rings is 2. The second-order valence-electron chi connectivity index (χ2n) is 8.68. The van der Waals surface area contributed by atoms with E-state index in [0.29, 0.717) is 0 Å². The Morgan fingerprint density at radius 1 is 1.00 bits per heavy atom. The van der Waals surface area contributed by atoms with Crippen molar-refractivity contribution >= 4 is 18.0 Å². The maximum atomic E-state index is 12.3. The summed E-state index contributed by atoms with van der Waals surface area (Å²) in [6.45, 7) is 3.62. The van der Waals surface area contributed by atoms with Crippen molar-refractivity contribution in [3.63, 3.8) is 0 Å². The number of aliphatic hydroxyl groups excluding tert-OH is 1. The molecule has 0 unspecified atom stereocenters. The summed E-state index contributed by atoms with van der Waals surface area (Å²) < 4.78 is 5.50. The summed E-state index contributed by atoms with van der Waals surface area (Å²) in [6, 6.07) is 16.2. The molecule has 0 fully saturated rings. The van der Waals surface area contributed by atoms with E-state index in [9.17, 15) is 19.5 Å². The smallest absolute Gasteiger partial charge is 0.407 e. The first-order valence-corrected chi connectivity index (χ1v) is 10.4. The van der Waals surface area contributed by atoms with Crippen molar-refractivity contribution in [1.82, 2.24) is 10.6 Å². The van der Waals surface area contributed by atoms with Crippen LogP contribution in [0.15, 0.2) is 48.5 Å². The van der Waals surface area contributed by atoms with Gasteiger partial charge in [0.15, 0.2) is 6.10 Å². The van der Waals surface area contributed by atoms with Gasteiger partial charge >= 0.3 is 12.1 Å². The first kappa shape index (κ1) is 23.3. The van der Waals surface area contributed by atoms with E-state index in [1.807, 2.05) is 36.4 Å². The van der Waals surface area contributed by atoms with Gasteiger partial charge in [0.1, 0.15) is 6.61 Å². The molecule has 0 aromatic heterocycles. The highest BCUT2D eigenvalue weighted by Gasteiger charge is 2.29. The van der Waals surface area contributed by atoms with Gasteiger partial charge in [0.05, 0.1) is 6.54 Å². The first-order chi connectivity index (χ1) is 15.2. The number of fused-ring (bicyclic) bond motifs is 3. The number of hydrogen-bond donors (Lipinski definition) is 4. The summed E-state index contributed by atoms with van der Waals surface area (Å²) in [5.41, 5.74) is 3.96. The minimum absolute atomic E-state index is 0.0346. The molecule has 3 rings (SSSR count). The third-order valence-corrected chi connectivity index (χ3v) is 5.47. The molecule has 2 aromatic carbocycles. The molecule has 0 heterocycles. The van der Waals surface area contributed by atoms with Crippen LogP contribution in [-0.4, -0.2) is 54.0 Å². The number of carboxylic acids is 1. The topological polar surface area (TPSA) is 125 Å². The lowest BCUT2D eigenvalue weighted by Gasteiger charge is -2.24. The van der Waals surface area contributed by atoms with Gasteiger partial charge in [-0.15, -0.1) is 0 Å². The number of aliphatic hydroxyl groups is 1. The molecule has 1 aliphatic rings. The Kier molecular flexibility index (Phi) is 7.15. The van der Waals surface area contributed by atoms with Crippen molar-refractivity contribution < 1.29 is 29.3 Å². The SMILES string of the molecule is CC(C)(CNC(=O)OCC1c2ccccc2-c2ccccc21)CC(=O)NC[C@H](O)C(=O)O. The van der Waals surface area contributed by atoms with Crippen LogP contribution in [0.5, 0.6) is 0 Å². The van der Waals surface area contributed by atoms with Gasteiger partial charge in [-0.1, -0.05) is 62.4 Å². The number of carbonyl (C=O) groups is 3. The van der Waals surface area contributed by atoms with Gasteiger partial charge in [-0.05, 0) is 27.7 Å². The van der Waals surface area contributed by atoms with E-state index in [1.54, 1.807) is 13.8 Å². The number of ether oxygens (including phenoxy) is 1. The second kappa shape index (κ2) is 9.82. The van der Waals surface area contributed by atoms with E-state index in [1.165, 1.54) is 0 Å². The number of amides is 2. The molecular weight excluding hydrogens is 412 g/mol. The van der Waals surface area contributed by atoms with Crippen molar-refractivity contribution in [3.05, 3.63) is 59.7 Å². The Morgan fingerprint density at radius 3 is 2.12 bits per heavy atom. The van der Waals surface area contributed by atoms with Gasteiger partial charge < -0.3 is 25.6 Å². The number of alkyl carbamates (subject to hydrolysis) is 1. The van der Waals surface area contributed by atoms with E-state index in [0.717, 1.165) is 22.3 Å². The van der Waals surface area contributed by atoms with Crippen LogP contribution >= 0.6 is 0 Å². The molecule has 8 heteroatoms. The molecule has 0 aliphatic heterocycles. The molecule has 4 N–H and O–H groups in total. The number of rotatable bonds is 9. The molecule has 170 valence electrons. The number of nitrogens with one attached hydrogen (secondary N) is 2. The van der Waals surface area contributed by atoms with Crippen LogP contribution in [0.4, 0.5) is 4.79 Å². The van der Waals surface area contributed by atoms with Gasteiger partial charge in [0.25, 0.3) is 0 Å². The second-order valence-corrected chi connectivity index (χ2v) is 8.68. The number of carbonyl (C=O) groups excluding carboxylic acids is 2. The predicted molar refractivity (Wildman–Crippen MR) is 118 cm³/mol. The molecule has 2 amide bonds. The minimum Gasteiger partial charge on any atom is -0.479 e. The van der Waals surface area contributed by atoms with Crippen LogP contribution in [-0.2, 0) is 14.3 Å². The molecule has 1 atom stereocenters. The van der Waals surface area contributed by atoms with E-state index in [-0.39, 0.29) is 32.0 Å². The highest BCUT2D eigenvalue weighted by atomic mass is 16.5. The monoisotopic (exact) mass is 440 g/mol. The van der Waals surface area contributed by atoms with Gasteiger partial charge in [-0.25, -0.2) is 9.59 Å². The fraction of sp³-hybridized carbons (Fsp3) is 0.375. The minimum atomic E-state index is -1.65. The zero-order valence-electron chi connectivity index (χ0n) is 18.1. The van der Waals surface area contributed by atoms with Crippen LogP contribution in [0.25, 0.3) is 11.1 Å². The molecule has 0 bridgehead atoms. The van der Waals surface area contributed by atoms with Crippen molar-refractivity contribution in [3.8, 4) is 11.1 Å². The van der Waals surface area contributed by atoms with E-state index < -0.39 is 29.5 Å². The predicted octanol–water partition coefficient (Wildman–Crippen LogP) is 2.50. The van der Waals surface area contributed by atoms with Crippen LogP contribution in [0.2, 0.25) is 0 Å². The average Bonchev–Trinajstić information content (AvgIpc) is 3.08. The van der Waals surface area contributed by atoms with Crippen LogP contribution < -0.4 is 10.6 Å². The molecular formula is C24H28N2O6. The average molecular weight is 440 g/mol. The summed E-state index contributed by atoms with van der Waals surface area (Å²) in [4.78, 5) is 34.9. The summed E-state index contributed by atoms with van der Waals surface area (Å²) in [5.74, 6) is -1.85. The summed E-state index contributed by atoms with van der Waals surface area (Å²) in [7, 11) is 0. The molecule has 32 heavy (non-hydrogen) atoms.